The third-order valence-electron chi connectivity index (χ3n) is 5.23. The first kappa shape index (κ1) is 23.7. The van der Waals surface area contributed by atoms with Crippen molar-refractivity contribution in [3.63, 3.8) is 0 Å². The summed E-state index contributed by atoms with van der Waals surface area (Å²) in [5.74, 6) is -0.176. The van der Waals surface area contributed by atoms with E-state index in [1.54, 1.807) is 12.1 Å². The summed E-state index contributed by atoms with van der Waals surface area (Å²) in [6.07, 6.45) is 0.0779. The van der Waals surface area contributed by atoms with E-state index in [2.05, 4.69) is 44.1 Å². The Morgan fingerprint density at radius 3 is 2.26 bits per heavy atom. The lowest BCUT2D eigenvalue weighted by Crippen LogP contribution is -2.48. The number of piperazine rings is 1. The summed E-state index contributed by atoms with van der Waals surface area (Å²) in [4.78, 5) is 16.8. The minimum absolute atomic E-state index is 0.0171. The highest BCUT2D eigenvalue weighted by molar-refractivity contribution is 7.89. The van der Waals surface area contributed by atoms with Gasteiger partial charge in [0.2, 0.25) is 15.9 Å². The van der Waals surface area contributed by atoms with Crippen LogP contribution in [0, 0.1) is 0 Å². The summed E-state index contributed by atoms with van der Waals surface area (Å²) in [7, 11) is -3.73. The van der Waals surface area contributed by atoms with Crippen molar-refractivity contribution in [2.75, 3.05) is 45.8 Å². The van der Waals surface area contributed by atoms with Gasteiger partial charge in [0.15, 0.2) is 0 Å². The van der Waals surface area contributed by atoms with Gasteiger partial charge in [-0.05, 0) is 17.7 Å². The Kier molecular flexibility index (Phi) is 8.86. The zero-order valence-corrected chi connectivity index (χ0v) is 19.0. The van der Waals surface area contributed by atoms with E-state index in [-0.39, 0.29) is 28.8 Å². The van der Waals surface area contributed by atoms with Gasteiger partial charge in [0.05, 0.1) is 5.02 Å². The van der Waals surface area contributed by atoms with Crippen molar-refractivity contribution in [2.24, 2.45) is 0 Å². The zero-order chi connectivity index (χ0) is 22.1. The lowest BCUT2D eigenvalue weighted by Gasteiger charge is -2.34. The lowest BCUT2D eigenvalue weighted by molar-refractivity contribution is -0.121. The van der Waals surface area contributed by atoms with Crippen LogP contribution in [-0.2, 0) is 21.4 Å². The topological polar surface area (TPSA) is 81.7 Å². The molecule has 0 unspecified atom stereocenters. The summed E-state index contributed by atoms with van der Waals surface area (Å²) in [6.45, 7) is 6.29. The second-order valence-electron chi connectivity index (χ2n) is 7.53. The molecule has 0 saturated carbocycles. The fourth-order valence-corrected chi connectivity index (χ4v) is 5.04. The number of halogens is 1. The molecule has 7 nitrogen and oxygen atoms in total. The summed E-state index contributed by atoms with van der Waals surface area (Å²) in [5.41, 5.74) is 1.33. The molecule has 0 aliphatic carbocycles. The second-order valence-corrected chi connectivity index (χ2v) is 9.67. The minimum atomic E-state index is -3.73. The van der Waals surface area contributed by atoms with Gasteiger partial charge in [-0.25, -0.2) is 13.1 Å². The minimum Gasteiger partial charge on any atom is -0.355 e. The van der Waals surface area contributed by atoms with Crippen molar-refractivity contribution in [1.29, 1.82) is 0 Å². The van der Waals surface area contributed by atoms with E-state index in [0.29, 0.717) is 6.54 Å². The molecule has 2 aromatic carbocycles. The Morgan fingerprint density at radius 2 is 1.55 bits per heavy atom. The van der Waals surface area contributed by atoms with Crippen molar-refractivity contribution in [3.05, 3.63) is 65.2 Å². The second kappa shape index (κ2) is 11.6. The third-order valence-corrected chi connectivity index (χ3v) is 7.20. The summed E-state index contributed by atoms with van der Waals surface area (Å²) >= 11 is 5.94. The van der Waals surface area contributed by atoms with Crippen LogP contribution in [0.3, 0.4) is 0 Å². The van der Waals surface area contributed by atoms with Crippen LogP contribution in [0.25, 0.3) is 0 Å². The van der Waals surface area contributed by atoms with Gasteiger partial charge in [-0.2, -0.15) is 0 Å². The number of nitrogens with one attached hydrogen (secondary N) is 2. The molecule has 1 aliphatic heterocycles. The molecule has 3 rings (SSSR count). The number of carbonyl (C=O) groups excluding carboxylic acids is 1. The largest absolute Gasteiger partial charge is 0.355 e. The van der Waals surface area contributed by atoms with Gasteiger partial charge in [0, 0.05) is 58.8 Å². The Balaban J connectivity index is 1.29. The average Bonchev–Trinajstić information content (AvgIpc) is 2.76. The molecule has 1 saturated heterocycles. The molecular formula is C22H29ClN4O3S. The van der Waals surface area contributed by atoms with Crippen molar-refractivity contribution >= 4 is 27.5 Å². The average molecular weight is 465 g/mol. The number of hydrogen-bond acceptors (Lipinski definition) is 5. The van der Waals surface area contributed by atoms with Crippen LogP contribution in [-0.4, -0.2) is 69.9 Å². The molecule has 1 fully saturated rings. The fraction of sp³-hybridized carbons (Fsp3) is 0.409. The first-order valence-electron chi connectivity index (χ1n) is 10.4. The van der Waals surface area contributed by atoms with Crippen LogP contribution < -0.4 is 10.0 Å². The van der Waals surface area contributed by atoms with E-state index >= 15 is 0 Å². The number of rotatable bonds is 10. The van der Waals surface area contributed by atoms with E-state index < -0.39 is 10.0 Å². The Labute approximate surface area is 189 Å². The van der Waals surface area contributed by atoms with E-state index in [0.717, 1.165) is 39.3 Å². The van der Waals surface area contributed by atoms with Crippen molar-refractivity contribution < 1.29 is 13.2 Å². The SMILES string of the molecule is O=C(CCNS(=O)(=O)c1ccccc1Cl)NCCN1CCN(Cc2ccccc2)CC1. The number of amides is 1. The van der Waals surface area contributed by atoms with Crippen LogP contribution in [0.1, 0.15) is 12.0 Å². The Bertz CT molecular complexity index is 948. The molecular weight excluding hydrogens is 436 g/mol. The lowest BCUT2D eigenvalue weighted by atomic mass is 10.2. The van der Waals surface area contributed by atoms with Crippen LogP contribution in [0.5, 0.6) is 0 Å². The molecule has 2 N–H and O–H groups in total. The first-order chi connectivity index (χ1) is 14.9. The highest BCUT2D eigenvalue weighted by Crippen LogP contribution is 2.19. The van der Waals surface area contributed by atoms with Crippen molar-refractivity contribution in [1.82, 2.24) is 19.8 Å². The predicted molar refractivity (Wildman–Crippen MR) is 122 cm³/mol. The highest BCUT2D eigenvalue weighted by Gasteiger charge is 2.18. The smallest absolute Gasteiger partial charge is 0.242 e. The molecule has 0 aromatic heterocycles. The summed E-state index contributed by atoms with van der Waals surface area (Å²) in [6, 6.07) is 16.7. The number of sulfonamides is 1. The Hall–Kier alpha value is -1.97. The third kappa shape index (κ3) is 7.59. The molecule has 168 valence electrons. The van der Waals surface area contributed by atoms with Gasteiger partial charge >= 0.3 is 0 Å². The van der Waals surface area contributed by atoms with E-state index in [9.17, 15) is 13.2 Å². The quantitative estimate of drug-likeness (QED) is 0.561. The number of hydrogen-bond donors (Lipinski definition) is 2. The molecule has 1 aliphatic rings. The van der Waals surface area contributed by atoms with Crippen LogP contribution in [0.2, 0.25) is 5.02 Å². The molecule has 1 amide bonds. The molecule has 0 atom stereocenters. The standard InChI is InChI=1S/C22H29ClN4O3S/c23-20-8-4-5-9-21(20)31(29,30)25-11-10-22(28)24-12-13-26-14-16-27(17-15-26)18-19-6-2-1-3-7-19/h1-9,25H,10-18H2,(H,24,28). The normalized spacial score (nSPS) is 15.6. The van der Waals surface area contributed by atoms with Crippen molar-refractivity contribution in [2.45, 2.75) is 17.9 Å². The van der Waals surface area contributed by atoms with Gasteiger partial charge in [-0.3, -0.25) is 14.6 Å². The fourth-order valence-electron chi connectivity index (χ4n) is 3.49. The van der Waals surface area contributed by atoms with Crippen molar-refractivity contribution in [3.8, 4) is 0 Å². The summed E-state index contributed by atoms with van der Waals surface area (Å²) in [5, 5.41) is 3.02. The number of benzene rings is 2. The molecule has 2 aromatic rings. The molecule has 0 radical (unpaired) electrons. The van der Waals surface area contributed by atoms with Crippen LogP contribution in [0.4, 0.5) is 0 Å². The molecule has 0 spiro atoms. The maximum atomic E-state index is 12.3. The Morgan fingerprint density at radius 1 is 0.903 bits per heavy atom. The zero-order valence-electron chi connectivity index (χ0n) is 17.5. The first-order valence-corrected chi connectivity index (χ1v) is 12.3. The van der Waals surface area contributed by atoms with Gasteiger partial charge in [-0.15, -0.1) is 0 Å². The van der Waals surface area contributed by atoms with E-state index in [1.807, 2.05) is 6.07 Å². The van der Waals surface area contributed by atoms with Gasteiger partial charge < -0.3 is 5.32 Å². The predicted octanol–water partition coefficient (Wildman–Crippen LogP) is 1.94. The molecule has 0 bridgehead atoms. The van der Waals surface area contributed by atoms with Crippen LogP contribution >= 0.6 is 11.6 Å². The van der Waals surface area contributed by atoms with E-state index in [1.165, 1.54) is 17.7 Å². The van der Waals surface area contributed by atoms with Gasteiger partial charge in [0.1, 0.15) is 4.90 Å². The van der Waals surface area contributed by atoms with Gasteiger partial charge in [0.25, 0.3) is 0 Å². The van der Waals surface area contributed by atoms with E-state index in [4.69, 9.17) is 11.6 Å². The number of nitrogens with zero attached hydrogens (tertiary/aromatic N) is 2. The maximum absolute atomic E-state index is 12.3. The molecule has 9 heteroatoms. The monoisotopic (exact) mass is 464 g/mol. The molecule has 1 heterocycles. The highest BCUT2D eigenvalue weighted by atomic mass is 35.5. The van der Waals surface area contributed by atoms with Gasteiger partial charge in [-0.1, -0.05) is 54.1 Å². The maximum Gasteiger partial charge on any atom is 0.242 e. The van der Waals surface area contributed by atoms with Crippen LogP contribution in [0.15, 0.2) is 59.5 Å². The molecule has 31 heavy (non-hydrogen) atoms. The number of carbonyl (C=O) groups is 1. The summed E-state index contributed by atoms with van der Waals surface area (Å²) < 4.78 is 26.9.